The van der Waals surface area contributed by atoms with Gasteiger partial charge in [-0.05, 0) is 29.0 Å². The number of nitrogens with zero attached hydrogens (tertiary/aromatic N) is 4. The van der Waals surface area contributed by atoms with Crippen LogP contribution in [0.15, 0.2) is 59.8 Å². The number of rotatable bonds is 5. The minimum absolute atomic E-state index is 0.00544. The van der Waals surface area contributed by atoms with Gasteiger partial charge in [-0.15, -0.1) is 0 Å². The van der Waals surface area contributed by atoms with Gasteiger partial charge in [0, 0.05) is 39.8 Å². The summed E-state index contributed by atoms with van der Waals surface area (Å²) in [5.74, 6) is -0.237. The van der Waals surface area contributed by atoms with Crippen LogP contribution in [0.3, 0.4) is 0 Å². The normalized spacial score (nSPS) is 20.4. The van der Waals surface area contributed by atoms with Crippen LogP contribution in [-0.4, -0.2) is 83.8 Å². The minimum atomic E-state index is -0.532. The zero-order valence-electron chi connectivity index (χ0n) is 23.7. The lowest BCUT2D eigenvalue weighted by Crippen LogP contribution is -2.51. The summed E-state index contributed by atoms with van der Waals surface area (Å²) in [5.41, 5.74) is 5.80. The molecule has 39 heavy (non-hydrogen) atoms. The number of likely N-dealkylation sites (N-methyl/N-ethyl adjacent to an activating group) is 1. The number of hydrogen-bond acceptors (Lipinski definition) is 4. The Bertz CT molecular complexity index is 1280. The molecule has 1 N–H and O–H groups in total. The highest BCUT2D eigenvalue weighted by Gasteiger charge is 2.43. The molecule has 4 amide bonds. The van der Waals surface area contributed by atoms with Crippen LogP contribution in [-0.2, 0) is 21.5 Å². The first-order chi connectivity index (χ1) is 18.5. The van der Waals surface area contributed by atoms with Gasteiger partial charge < -0.3 is 15.1 Å². The molecule has 0 aromatic heterocycles. The first kappa shape index (κ1) is 26.9. The lowest BCUT2D eigenvalue weighted by atomic mass is 9.85. The summed E-state index contributed by atoms with van der Waals surface area (Å²) in [6, 6.07) is 15.9. The van der Waals surface area contributed by atoms with E-state index in [1.165, 1.54) is 21.6 Å². The predicted molar refractivity (Wildman–Crippen MR) is 151 cm³/mol. The van der Waals surface area contributed by atoms with Crippen molar-refractivity contribution in [3.63, 3.8) is 0 Å². The third kappa shape index (κ3) is 5.57. The third-order valence-corrected chi connectivity index (χ3v) is 8.12. The maximum absolute atomic E-state index is 13.6. The van der Waals surface area contributed by atoms with Gasteiger partial charge in [0.1, 0.15) is 6.54 Å². The first-order valence-corrected chi connectivity index (χ1v) is 13.7. The Labute approximate surface area is 231 Å². The molecule has 8 heteroatoms. The van der Waals surface area contributed by atoms with E-state index < -0.39 is 6.04 Å². The zero-order chi connectivity index (χ0) is 27.9. The predicted octanol–water partition coefficient (Wildman–Crippen LogP) is 3.43. The quantitative estimate of drug-likeness (QED) is 0.644. The zero-order valence-corrected chi connectivity index (χ0v) is 23.7. The number of benzene rings is 2. The standard InChI is InChI=1S/C31H39N5O3/c1-21-6-8-22(9-7-21)18-34-14-16-35(17-15-34)26(37)20-36-19-25-27(29(36)38)28(32-30(39)33(25)5)23-10-12-24(13-11-23)31(2,3)4/h6-13,28H,14-20H2,1-5H3,(H,32,39). The van der Waals surface area contributed by atoms with E-state index in [-0.39, 0.29) is 36.3 Å². The molecule has 0 aliphatic carbocycles. The van der Waals surface area contributed by atoms with Crippen molar-refractivity contribution in [1.82, 2.24) is 24.9 Å². The van der Waals surface area contributed by atoms with Gasteiger partial charge in [-0.3, -0.25) is 19.4 Å². The van der Waals surface area contributed by atoms with Gasteiger partial charge in [0.25, 0.3) is 5.91 Å². The molecule has 2 aromatic carbocycles. The summed E-state index contributed by atoms with van der Waals surface area (Å²) in [7, 11) is 1.68. The Balaban J connectivity index is 1.23. The summed E-state index contributed by atoms with van der Waals surface area (Å²) in [5, 5.41) is 2.99. The van der Waals surface area contributed by atoms with E-state index in [2.05, 4.69) is 74.3 Å². The lowest BCUT2D eigenvalue weighted by Gasteiger charge is -2.35. The molecule has 5 rings (SSSR count). The number of piperazine rings is 1. The van der Waals surface area contributed by atoms with Gasteiger partial charge in [0.2, 0.25) is 5.91 Å². The van der Waals surface area contributed by atoms with E-state index >= 15 is 0 Å². The van der Waals surface area contributed by atoms with Crippen molar-refractivity contribution in [1.29, 1.82) is 0 Å². The summed E-state index contributed by atoms with van der Waals surface area (Å²) < 4.78 is 0. The van der Waals surface area contributed by atoms with Crippen molar-refractivity contribution in [3.05, 3.63) is 82.1 Å². The molecule has 3 aliphatic rings. The maximum Gasteiger partial charge on any atom is 0.322 e. The topological polar surface area (TPSA) is 76.2 Å². The van der Waals surface area contributed by atoms with Gasteiger partial charge in [-0.2, -0.15) is 0 Å². The SMILES string of the molecule is Cc1ccc(CN2CCN(C(=O)CN3CC4=C(C3=O)C(c3ccc(C(C)(C)C)cc3)NC(=O)N4C)CC2)cc1. The van der Waals surface area contributed by atoms with E-state index in [9.17, 15) is 14.4 Å². The molecule has 0 bridgehead atoms. The van der Waals surface area contributed by atoms with E-state index in [1.807, 2.05) is 17.0 Å². The Morgan fingerprint density at radius 1 is 0.949 bits per heavy atom. The smallest absolute Gasteiger partial charge is 0.322 e. The van der Waals surface area contributed by atoms with Crippen LogP contribution in [0.2, 0.25) is 0 Å². The van der Waals surface area contributed by atoms with Crippen LogP contribution in [0.1, 0.15) is 49.1 Å². The Kier molecular flexibility index (Phi) is 7.25. The molecule has 1 unspecified atom stereocenters. The largest absolute Gasteiger partial charge is 0.339 e. The van der Waals surface area contributed by atoms with Crippen LogP contribution in [0.4, 0.5) is 4.79 Å². The fourth-order valence-corrected chi connectivity index (χ4v) is 5.55. The highest BCUT2D eigenvalue weighted by molar-refractivity contribution is 6.02. The molecule has 2 aromatic rings. The average molecular weight is 530 g/mol. The monoisotopic (exact) mass is 529 g/mol. The second kappa shape index (κ2) is 10.5. The summed E-state index contributed by atoms with van der Waals surface area (Å²) in [4.78, 5) is 46.9. The van der Waals surface area contributed by atoms with Crippen LogP contribution in [0.25, 0.3) is 0 Å². The molecule has 0 radical (unpaired) electrons. The van der Waals surface area contributed by atoms with Crippen LogP contribution in [0, 0.1) is 6.92 Å². The molecule has 0 saturated carbocycles. The van der Waals surface area contributed by atoms with E-state index in [0.29, 0.717) is 24.4 Å². The van der Waals surface area contributed by atoms with Crippen LogP contribution >= 0.6 is 0 Å². The summed E-state index contributed by atoms with van der Waals surface area (Å²) in [6.45, 7) is 12.6. The fraction of sp³-hybridized carbons (Fsp3) is 0.452. The Hall–Kier alpha value is -3.65. The van der Waals surface area contributed by atoms with Gasteiger partial charge >= 0.3 is 6.03 Å². The van der Waals surface area contributed by atoms with Crippen LogP contribution in [0.5, 0.6) is 0 Å². The van der Waals surface area contributed by atoms with E-state index in [4.69, 9.17) is 0 Å². The molecule has 8 nitrogen and oxygen atoms in total. The number of nitrogens with one attached hydrogen (secondary N) is 1. The fourth-order valence-electron chi connectivity index (χ4n) is 5.55. The van der Waals surface area contributed by atoms with Crippen LogP contribution < -0.4 is 5.32 Å². The highest BCUT2D eigenvalue weighted by atomic mass is 16.2. The molecule has 3 heterocycles. The van der Waals surface area contributed by atoms with Gasteiger partial charge in [0.15, 0.2) is 0 Å². The van der Waals surface area contributed by atoms with E-state index in [1.54, 1.807) is 11.9 Å². The Morgan fingerprint density at radius 3 is 2.21 bits per heavy atom. The number of hydrogen-bond donors (Lipinski definition) is 1. The number of amides is 4. The van der Waals surface area contributed by atoms with Crippen molar-refractivity contribution in [2.24, 2.45) is 0 Å². The average Bonchev–Trinajstić information content (AvgIpc) is 3.23. The Morgan fingerprint density at radius 2 is 1.59 bits per heavy atom. The maximum atomic E-state index is 13.6. The van der Waals surface area contributed by atoms with Crippen molar-refractivity contribution in [3.8, 4) is 0 Å². The second-order valence-electron chi connectivity index (χ2n) is 12.0. The molecule has 1 fully saturated rings. The minimum Gasteiger partial charge on any atom is -0.339 e. The number of aryl methyl sites for hydroxylation is 1. The molecular formula is C31H39N5O3. The number of carbonyl (C=O) groups is 3. The number of urea groups is 1. The van der Waals surface area contributed by atoms with E-state index in [0.717, 1.165) is 25.2 Å². The summed E-state index contributed by atoms with van der Waals surface area (Å²) in [6.07, 6.45) is 0. The molecule has 3 aliphatic heterocycles. The molecule has 1 saturated heterocycles. The highest BCUT2D eigenvalue weighted by Crippen LogP contribution is 2.36. The van der Waals surface area contributed by atoms with Crippen molar-refractivity contribution in [2.75, 3.05) is 46.3 Å². The number of carbonyl (C=O) groups excluding carboxylic acids is 3. The molecule has 0 spiro atoms. The van der Waals surface area contributed by atoms with Crippen molar-refractivity contribution >= 4 is 17.8 Å². The molecular weight excluding hydrogens is 490 g/mol. The van der Waals surface area contributed by atoms with Crippen molar-refractivity contribution < 1.29 is 14.4 Å². The summed E-state index contributed by atoms with van der Waals surface area (Å²) >= 11 is 0. The first-order valence-electron chi connectivity index (χ1n) is 13.7. The van der Waals surface area contributed by atoms with Crippen molar-refractivity contribution in [2.45, 2.75) is 45.7 Å². The molecule has 206 valence electrons. The molecule has 1 atom stereocenters. The third-order valence-electron chi connectivity index (χ3n) is 8.12. The van der Waals surface area contributed by atoms with Gasteiger partial charge in [-0.1, -0.05) is 74.9 Å². The second-order valence-corrected chi connectivity index (χ2v) is 12.0. The van der Waals surface area contributed by atoms with Gasteiger partial charge in [0.05, 0.1) is 23.9 Å². The van der Waals surface area contributed by atoms with Gasteiger partial charge in [-0.25, -0.2) is 4.79 Å². The lowest BCUT2D eigenvalue weighted by molar-refractivity contribution is -0.139.